The maximum absolute atomic E-state index is 11.1. The lowest BCUT2D eigenvalue weighted by Gasteiger charge is -2.20. The molecule has 0 aromatic heterocycles. The molecule has 0 heterocycles. The molecule has 0 unspecified atom stereocenters. The molecule has 0 saturated carbocycles. The van der Waals surface area contributed by atoms with Gasteiger partial charge >= 0.3 is 0 Å². The van der Waals surface area contributed by atoms with Gasteiger partial charge in [0.05, 0.1) is 4.32 Å². The van der Waals surface area contributed by atoms with Gasteiger partial charge in [-0.1, -0.05) is 81.1 Å². The molecular weight excluding hydrogens is 264 g/mol. The molecule has 0 aromatic rings. The number of aldehydes is 1. The van der Waals surface area contributed by atoms with Gasteiger partial charge in [-0.15, -0.1) is 0 Å². The minimum Gasteiger partial charge on any atom is -0.302 e. The molecule has 0 aliphatic carbocycles. The first-order valence-electron chi connectivity index (χ1n) is 6.83. The molecule has 0 aliphatic heterocycles. The van der Waals surface area contributed by atoms with Gasteiger partial charge in [-0.2, -0.15) is 0 Å². The molecule has 2 heteroatoms. The van der Waals surface area contributed by atoms with Crippen LogP contribution in [0, 0.1) is 0 Å². The first-order valence-corrected chi connectivity index (χ1v) is 7.63. The van der Waals surface area contributed by atoms with Crippen molar-refractivity contribution < 1.29 is 4.79 Å². The summed E-state index contributed by atoms with van der Waals surface area (Å²) in [5, 5.41) is 0. The molecule has 0 aromatic carbocycles. The van der Waals surface area contributed by atoms with Crippen molar-refractivity contribution in [1.82, 2.24) is 0 Å². The highest BCUT2D eigenvalue weighted by Gasteiger charge is 2.24. The number of hydrogen-bond donors (Lipinski definition) is 0. The van der Waals surface area contributed by atoms with E-state index in [0.717, 1.165) is 19.1 Å². The van der Waals surface area contributed by atoms with Gasteiger partial charge in [0.2, 0.25) is 0 Å². The van der Waals surface area contributed by atoms with E-state index in [-0.39, 0.29) is 4.32 Å². The number of unbranched alkanes of at least 4 members (excludes halogenated alkanes) is 6. The zero-order valence-electron chi connectivity index (χ0n) is 10.9. The lowest BCUT2D eigenvalue weighted by molar-refractivity contribution is -0.110. The van der Waals surface area contributed by atoms with Gasteiger partial charge in [0, 0.05) is 0 Å². The van der Waals surface area contributed by atoms with Crippen LogP contribution >= 0.6 is 15.9 Å². The number of carbonyl (C=O) groups is 1. The molecule has 1 nitrogen and oxygen atoms in total. The summed E-state index contributed by atoms with van der Waals surface area (Å²) in [4.78, 5) is 11.1. The van der Waals surface area contributed by atoms with E-state index < -0.39 is 0 Å². The highest BCUT2D eigenvalue weighted by Crippen LogP contribution is 2.29. The second-order valence-electron chi connectivity index (χ2n) is 4.77. The van der Waals surface area contributed by atoms with Crippen molar-refractivity contribution in [3.63, 3.8) is 0 Å². The molecule has 0 spiro atoms. The van der Waals surface area contributed by atoms with Crippen LogP contribution in [0.25, 0.3) is 0 Å². The first-order chi connectivity index (χ1) is 7.68. The third-order valence-corrected chi connectivity index (χ3v) is 4.08. The lowest BCUT2D eigenvalue weighted by Crippen LogP contribution is -2.22. The van der Waals surface area contributed by atoms with Crippen LogP contribution < -0.4 is 0 Å². The van der Waals surface area contributed by atoms with Gasteiger partial charge in [-0.05, 0) is 12.8 Å². The van der Waals surface area contributed by atoms with E-state index >= 15 is 0 Å². The van der Waals surface area contributed by atoms with Crippen molar-refractivity contribution in [3.8, 4) is 0 Å². The largest absolute Gasteiger partial charge is 0.302 e. The van der Waals surface area contributed by atoms with Crippen molar-refractivity contribution in [2.75, 3.05) is 0 Å². The number of carbonyl (C=O) groups excluding carboxylic acids is 1. The Labute approximate surface area is 110 Å². The van der Waals surface area contributed by atoms with E-state index in [0.29, 0.717) is 0 Å². The van der Waals surface area contributed by atoms with E-state index in [1.54, 1.807) is 0 Å². The molecule has 0 aliphatic rings. The topological polar surface area (TPSA) is 17.1 Å². The standard InChI is InChI=1S/C14H27BrO/c1-3-5-7-9-11-14(15,13-16)12-10-8-6-4-2/h13H,3-12H2,1-2H3. The van der Waals surface area contributed by atoms with E-state index in [1.807, 2.05) is 0 Å². The molecular formula is C14H27BrO. The minimum atomic E-state index is -0.228. The van der Waals surface area contributed by atoms with Crippen LogP contribution in [0.2, 0.25) is 0 Å². The summed E-state index contributed by atoms with van der Waals surface area (Å²) in [5.74, 6) is 0. The van der Waals surface area contributed by atoms with E-state index in [1.165, 1.54) is 51.4 Å². The average molecular weight is 291 g/mol. The second-order valence-corrected chi connectivity index (χ2v) is 6.35. The molecule has 0 rings (SSSR count). The SMILES string of the molecule is CCCCCCC(Br)(C=O)CCCCCC. The predicted octanol–water partition coefficient (Wildman–Crippen LogP) is 5.26. The Morgan fingerprint density at radius 1 is 0.875 bits per heavy atom. The summed E-state index contributed by atoms with van der Waals surface area (Å²) in [6.45, 7) is 4.43. The zero-order valence-corrected chi connectivity index (χ0v) is 12.5. The molecule has 16 heavy (non-hydrogen) atoms. The van der Waals surface area contributed by atoms with Crippen LogP contribution in [-0.4, -0.2) is 10.6 Å². The maximum atomic E-state index is 11.1. The summed E-state index contributed by atoms with van der Waals surface area (Å²) in [6, 6.07) is 0. The summed E-state index contributed by atoms with van der Waals surface area (Å²) in [5.41, 5.74) is 0. The first kappa shape index (κ1) is 16.1. The fourth-order valence-corrected chi connectivity index (χ4v) is 2.49. The van der Waals surface area contributed by atoms with Crippen molar-refractivity contribution in [1.29, 1.82) is 0 Å². The zero-order chi connectivity index (χ0) is 12.3. The van der Waals surface area contributed by atoms with Gasteiger partial charge in [-0.25, -0.2) is 0 Å². The Kier molecular flexibility index (Phi) is 10.4. The summed E-state index contributed by atoms with van der Waals surface area (Å²) >= 11 is 3.62. The normalized spacial score (nSPS) is 11.7. The van der Waals surface area contributed by atoms with Crippen molar-refractivity contribution in [2.45, 2.75) is 82.4 Å². The van der Waals surface area contributed by atoms with Crippen molar-refractivity contribution in [2.24, 2.45) is 0 Å². The minimum absolute atomic E-state index is 0.228. The monoisotopic (exact) mass is 290 g/mol. The predicted molar refractivity (Wildman–Crippen MR) is 75.2 cm³/mol. The van der Waals surface area contributed by atoms with Gasteiger partial charge in [0.1, 0.15) is 6.29 Å². The highest BCUT2D eigenvalue weighted by atomic mass is 79.9. The van der Waals surface area contributed by atoms with E-state index in [2.05, 4.69) is 29.8 Å². The number of rotatable bonds is 11. The highest BCUT2D eigenvalue weighted by molar-refractivity contribution is 9.10. The summed E-state index contributed by atoms with van der Waals surface area (Å²) in [7, 11) is 0. The number of hydrogen-bond acceptors (Lipinski definition) is 1. The second kappa shape index (κ2) is 10.3. The van der Waals surface area contributed by atoms with Crippen LogP contribution in [0.3, 0.4) is 0 Å². The molecule has 0 saturated heterocycles. The van der Waals surface area contributed by atoms with Crippen LogP contribution in [-0.2, 0) is 4.79 Å². The maximum Gasteiger partial charge on any atom is 0.136 e. The fourth-order valence-electron chi connectivity index (χ4n) is 1.93. The quantitative estimate of drug-likeness (QED) is 0.288. The van der Waals surface area contributed by atoms with E-state index in [4.69, 9.17) is 0 Å². The van der Waals surface area contributed by atoms with Crippen LogP contribution in [0.15, 0.2) is 0 Å². The molecule has 0 radical (unpaired) electrons. The molecule has 0 bridgehead atoms. The third-order valence-electron chi connectivity index (χ3n) is 3.10. The molecule has 0 atom stereocenters. The van der Waals surface area contributed by atoms with Gasteiger partial charge in [-0.3, -0.25) is 0 Å². The fraction of sp³-hybridized carbons (Fsp3) is 0.929. The average Bonchev–Trinajstić information content (AvgIpc) is 2.31. The third kappa shape index (κ3) is 8.32. The Balaban J connectivity index is 3.68. The molecule has 0 fully saturated rings. The lowest BCUT2D eigenvalue weighted by atomic mass is 9.95. The van der Waals surface area contributed by atoms with Crippen molar-refractivity contribution >= 4 is 22.2 Å². The molecule has 0 N–H and O–H groups in total. The smallest absolute Gasteiger partial charge is 0.136 e. The number of alkyl halides is 1. The van der Waals surface area contributed by atoms with Gasteiger partial charge < -0.3 is 4.79 Å². The summed E-state index contributed by atoms with van der Waals surface area (Å²) < 4.78 is -0.228. The van der Waals surface area contributed by atoms with E-state index in [9.17, 15) is 4.79 Å². The van der Waals surface area contributed by atoms with Crippen LogP contribution in [0.5, 0.6) is 0 Å². The van der Waals surface area contributed by atoms with Crippen LogP contribution in [0.1, 0.15) is 78.1 Å². The van der Waals surface area contributed by atoms with Crippen molar-refractivity contribution in [3.05, 3.63) is 0 Å². The Hall–Kier alpha value is 0.150. The molecule has 0 amide bonds. The van der Waals surface area contributed by atoms with Gasteiger partial charge in [0.15, 0.2) is 0 Å². The molecule has 96 valence electrons. The number of halogens is 1. The van der Waals surface area contributed by atoms with Crippen LogP contribution in [0.4, 0.5) is 0 Å². The Bertz CT molecular complexity index is 156. The summed E-state index contributed by atoms with van der Waals surface area (Å²) in [6.07, 6.45) is 13.1. The van der Waals surface area contributed by atoms with Gasteiger partial charge in [0.25, 0.3) is 0 Å². The Morgan fingerprint density at radius 2 is 1.31 bits per heavy atom. The Morgan fingerprint density at radius 3 is 1.62 bits per heavy atom.